The number of piperazine rings is 1. The molecule has 21 heavy (non-hydrogen) atoms. The maximum absolute atomic E-state index is 8.99. The molecule has 7 nitrogen and oxygen atoms in total. The Morgan fingerprint density at radius 2 is 2.00 bits per heavy atom. The molecule has 1 saturated carbocycles. The molecule has 7 heteroatoms. The van der Waals surface area contributed by atoms with Gasteiger partial charge < -0.3 is 15.8 Å². The number of nitrogens with two attached hydrogens (primary N) is 1. The van der Waals surface area contributed by atoms with Crippen molar-refractivity contribution in [3.63, 3.8) is 0 Å². The van der Waals surface area contributed by atoms with E-state index in [4.69, 9.17) is 10.9 Å². The predicted octanol–water partition coefficient (Wildman–Crippen LogP) is 0.355. The average molecular weight is 292 g/mol. The molecule has 1 aliphatic heterocycles. The van der Waals surface area contributed by atoms with Gasteiger partial charge in [-0.1, -0.05) is 5.16 Å². The molecule has 0 radical (unpaired) electrons. The fraction of sp³-hybridized carbons (Fsp3) is 0.714. The van der Waals surface area contributed by atoms with E-state index in [1.54, 1.807) is 0 Å². The van der Waals surface area contributed by atoms with Gasteiger partial charge in [-0.15, -0.1) is 0 Å². The molecule has 0 atom stereocenters. The van der Waals surface area contributed by atoms with E-state index in [2.05, 4.69) is 20.1 Å². The minimum absolute atomic E-state index is 0.135. The van der Waals surface area contributed by atoms with Crippen molar-refractivity contribution in [3.05, 3.63) is 11.3 Å². The van der Waals surface area contributed by atoms with Crippen molar-refractivity contribution in [3.8, 4) is 0 Å². The molecule has 0 unspecified atom stereocenters. The molecule has 3 rings (SSSR count). The standard InChI is InChI=1S/C14H24N6O/c1-10-12(13(15)17-21)14(18(2)16-10)20-7-5-19(6-8-20)9-11-3-4-11/h11,21H,3-9H2,1-2H3,(H2,15,17). The molecule has 116 valence electrons. The van der Waals surface area contributed by atoms with Crippen molar-refractivity contribution in [1.29, 1.82) is 0 Å². The number of oxime groups is 1. The lowest BCUT2D eigenvalue weighted by atomic mass is 10.2. The third kappa shape index (κ3) is 2.83. The van der Waals surface area contributed by atoms with Gasteiger partial charge in [-0.25, -0.2) is 0 Å². The molecule has 2 heterocycles. The summed E-state index contributed by atoms with van der Waals surface area (Å²) in [5, 5.41) is 16.6. The number of aryl methyl sites for hydroxylation is 2. The van der Waals surface area contributed by atoms with Gasteiger partial charge in [0.2, 0.25) is 0 Å². The van der Waals surface area contributed by atoms with Crippen LogP contribution in [0.5, 0.6) is 0 Å². The molecule has 2 fully saturated rings. The molecule has 1 saturated heterocycles. The fourth-order valence-electron chi connectivity index (χ4n) is 3.17. The van der Waals surface area contributed by atoms with Crippen molar-refractivity contribution >= 4 is 11.7 Å². The first-order valence-corrected chi connectivity index (χ1v) is 7.59. The smallest absolute Gasteiger partial charge is 0.175 e. The van der Waals surface area contributed by atoms with Crippen LogP contribution in [0, 0.1) is 12.8 Å². The summed E-state index contributed by atoms with van der Waals surface area (Å²) in [6, 6.07) is 0. The third-order valence-electron chi connectivity index (χ3n) is 4.44. The Bertz CT molecular complexity index is 540. The van der Waals surface area contributed by atoms with Crippen LogP contribution in [0.25, 0.3) is 0 Å². The van der Waals surface area contributed by atoms with E-state index in [1.807, 2.05) is 18.7 Å². The van der Waals surface area contributed by atoms with Gasteiger partial charge in [-0.2, -0.15) is 5.10 Å². The van der Waals surface area contributed by atoms with Gasteiger partial charge >= 0.3 is 0 Å². The first kappa shape index (κ1) is 14.2. The Kier molecular flexibility index (Phi) is 3.75. The van der Waals surface area contributed by atoms with Crippen molar-refractivity contribution in [1.82, 2.24) is 14.7 Å². The maximum atomic E-state index is 8.99. The lowest BCUT2D eigenvalue weighted by Crippen LogP contribution is -2.48. The van der Waals surface area contributed by atoms with Gasteiger partial charge in [0.05, 0.1) is 11.3 Å². The number of rotatable bonds is 4. The molecule has 1 aliphatic carbocycles. The molecule has 2 aliphatic rings. The van der Waals surface area contributed by atoms with E-state index in [0.29, 0.717) is 0 Å². The zero-order valence-corrected chi connectivity index (χ0v) is 12.8. The monoisotopic (exact) mass is 292 g/mol. The van der Waals surface area contributed by atoms with E-state index < -0.39 is 0 Å². The normalized spacial score (nSPS) is 21.0. The maximum Gasteiger partial charge on any atom is 0.175 e. The van der Waals surface area contributed by atoms with E-state index in [9.17, 15) is 0 Å². The zero-order valence-electron chi connectivity index (χ0n) is 12.8. The van der Waals surface area contributed by atoms with Gasteiger partial charge in [-0.05, 0) is 25.7 Å². The highest BCUT2D eigenvalue weighted by Crippen LogP contribution is 2.30. The molecule has 1 aromatic heterocycles. The Balaban J connectivity index is 1.75. The van der Waals surface area contributed by atoms with Crippen molar-refractivity contribution in [2.45, 2.75) is 19.8 Å². The number of nitrogens with zero attached hydrogens (tertiary/aromatic N) is 5. The van der Waals surface area contributed by atoms with Crippen molar-refractivity contribution < 1.29 is 5.21 Å². The minimum atomic E-state index is 0.135. The van der Waals surface area contributed by atoms with Crippen LogP contribution in [-0.4, -0.2) is 58.4 Å². The van der Waals surface area contributed by atoms with Crippen LogP contribution in [0.4, 0.5) is 5.82 Å². The fourth-order valence-corrected chi connectivity index (χ4v) is 3.17. The van der Waals surface area contributed by atoms with E-state index in [0.717, 1.165) is 49.2 Å². The molecule has 0 spiro atoms. The highest BCUT2D eigenvalue weighted by molar-refractivity contribution is 6.02. The molecular formula is C14H24N6O. The van der Waals surface area contributed by atoms with Gasteiger partial charge in [0.25, 0.3) is 0 Å². The third-order valence-corrected chi connectivity index (χ3v) is 4.44. The second-order valence-corrected chi connectivity index (χ2v) is 6.12. The molecular weight excluding hydrogens is 268 g/mol. The SMILES string of the molecule is Cc1nn(C)c(N2CCN(CC3CC3)CC2)c1C(N)=NO. The summed E-state index contributed by atoms with van der Waals surface area (Å²) in [7, 11) is 1.91. The second-order valence-electron chi connectivity index (χ2n) is 6.12. The van der Waals surface area contributed by atoms with Gasteiger partial charge in [0, 0.05) is 39.8 Å². The van der Waals surface area contributed by atoms with Crippen LogP contribution in [0.1, 0.15) is 24.1 Å². The Morgan fingerprint density at radius 1 is 1.33 bits per heavy atom. The Hall–Kier alpha value is -1.76. The Labute approximate surface area is 125 Å². The first-order chi connectivity index (χ1) is 10.1. The van der Waals surface area contributed by atoms with Crippen LogP contribution >= 0.6 is 0 Å². The quantitative estimate of drug-likeness (QED) is 0.362. The van der Waals surface area contributed by atoms with Crippen LogP contribution in [0.15, 0.2) is 5.16 Å². The molecule has 1 aromatic rings. The molecule has 0 bridgehead atoms. The summed E-state index contributed by atoms with van der Waals surface area (Å²) < 4.78 is 1.83. The van der Waals surface area contributed by atoms with Gasteiger partial charge in [0.1, 0.15) is 5.82 Å². The summed E-state index contributed by atoms with van der Waals surface area (Å²) in [5.41, 5.74) is 7.37. The molecule has 3 N–H and O–H groups in total. The van der Waals surface area contributed by atoms with Crippen LogP contribution in [-0.2, 0) is 7.05 Å². The first-order valence-electron chi connectivity index (χ1n) is 7.59. The van der Waals surface area contributed by atoms with Crippen molar-refractivity contribution in [2.24, 2.45) is 23.9 Å². The number of aromatic nitrogens is 2. The number of amidine groups is 1. The van der Waals surface area contributed by atoms with Gasteiger partial charge in [0.15, 0.2) is 5.84 Å². The lowest BCUT2D eigenvalue weighted by Gasteiger charge is -2.36. The summed E-state index contributed by atoms with van der Waals surface area (Å²) in [6.45, 7) is 7.17. The van der Waals surface area contributed by atoms with Crippen LogP contribution in [0.2, 0.25) is 0 Å². The molecule has 0 amide bonds. The summed E-state index contributed by atoms with van der Waals surface area (Å²) >= 11 is 0. The molecule has 0 aromatic carbocycles. The number of anilines is 1. The number of hydrogen-bond acceptors (Lipinski definition) is 5. The summed E-state index contributed by atoms with van der Waals surface area (Å²) in [4.78, 5) is 4.83. The van der Waals surface area contributed by atoms with E-state index in [-0.39, 0.29) is 5.84 Å². The van der Waals surface area contributed by atoms with E-state index >= 15 is 0 Å². The largest absolute Gasteiger partial charge is 0.409 e. The zero-order chi connectivity index (χ0) is 15.0. The topological polar surface area (TPSA) is 82.9 Å². The van der Waals surface area contributed by atoms with Crippen LogP contribution < -0.4 is 10.6 Å². The number of hydrogen-bond donors (Lipinski definition) is 2. The van der Waals surface area contributed by atoms with Crippen LogP contribution in [0.3, 0.4) is 0 Å². The summed E-state index contributed by atoms with van der Waals surface area (Å²) in [6.07, 6.45) is 2.80. The second kappa shape index (κ2) is 5.55. The Morgan fingerprint density at radius 3 is 2.57 bits per heavy atom. The van der Waals surface area contributed by atoms with E-state index in [1.165, 1.54) is 19.4 Å². The van der Waals surface area contributed by atoms with Crippen molar-refractivity contribution in [2.75, 3.05) is 37.6 Å². The minimum Gasteiger partial charge on any atom is -0.409 e. The highest BCUT2D eigenvalue weighted by atomic mass is 16.4. The predicted molar refractivity (Wildman–Crippen MR) is 81.8 cm³/mol. The lowest BCUT2D eigenvalue weighted by molar-refractivity contribution is 0.247. The summed E-state index contributed by atoms with van der Waals surface area (Å²) in [5.74, 6) is 2.02. The van der Waals surface area contributed by atoms with Gasteiger partial charge in [-0.3, -0.25) is 9.58 Å². The average Bonchev–Trinajstić information content (AvgIpc) is 3.23. The highest BCUT2D eigenvalue weighted by Gasteiger charge is 2.29.